The number of pyridine rings is 3. The number of imidazole rings is 3. The molecule has 6 aromatic heterocycles. The molecule has 33 heteroatoms. The van der Waals surface area contributed by atoms with E-state index < -0.39 is 52.8 Å². The van der Waals surface area contributed by atoms with Gasteiger partial charge in [0.25, 0.3) is 0 Å². The Kier molecular flexibility index (Phi) is 48.3. The first-order chi connectivity index (χ1) is 56.2. The van der Waals surface area contributed by atoms with Gasteiger partial charge in [-0.05, 0) is 68.2 Å². The number of carboxylic acid groups (broad SMARTS) is 3. The van der Waals surface area contributed by atoms with Gasteiger partial charge in [0, 0.05) is 294 Å². The Morgan fingerprint density at radius 3 is 1.10 bits per heavy atom. The first-order valence-corrected chi connectivity index (χ1v) is 35.6. The average molecular weight is 2720 g/mol. The van der Waals surface area contributed by atoms with E-state index in [1.807, 2.05) is 133 Å². The zero-order chi connectivity index (χ0) is 82.6. The summed E-state index contributed by atoms with van der Waals surface area (Å²) in [5.74, 6) is -2.37. The van der Waals surface area contributed by atoms with Crippen LogP contribution in [-0.2, 0) is 141 Å². The predicted molar refractivity (Wildman–Crippen MR) is 428 cm³/mol. The first-order valence-electron chi connectivity index (χ1n) is 35.6. The van der Waals surface area contributed by atoms with E-state index in [4.69, 9.17) is 15.3 Å². The predicted octanol–water partition coefficient (Wildman–Crippen LogP) is 15.4. The molecular weight excluding hydrogens is 2640 g/mol. The third-order valence-corrected chi connectivity index (χ3v) is 16.3. The van der Waals surface area contributed by atoms with E-state index in [9.17, 15) is 40.7 Å². The number of aliphatic imine (C=N–C) groups is 3. The van der Waals surface area contributed by atoms with E-state index in [1.165, 1.54) is 42.4 Å². The van der Waals surface area contributed by atoms with Crippen LogP contribution in [0.15, 0.2) is 295 Å². The number of likely N-dealkylation sites (N-methyl/N-ethyl adjacent to an activating group) is 2. The third-order valence-electron chi connectivity index (χ3n) is 16.3. The summed E-state index contributed by atoms with van der Waals surface area (Å²) in [6, 6.07) is 81.0. The van der Waals surface area contributed by atoms with Gasteiger partial charge in [0.15, 0.2) is 0 Å². The Hall–Kier alpha value is -10.9. The fourth-order valence-corrected chi connectivity index (χ4v) is 10.8. The quantitative estimate of drug-likeness (QED) is 0.0760. The van der Waals surface area contributed by atoms with E-state index in [-0.39, 0.29) is 154 Å². The van der Waals surface area contributed by atoms with Crippen molar-refractivity contribution in [3.8, 4) is 39.9 Å². The fraction of sp³-hybridized carbons (Fsp3) is 0.124. The maximum Gasteiger partial charge on any atom is 0.354 e. The molecule has 0 atom stereocenters. The van der Waals surface area contributed by atoms with E-state index >= 15 is 0 Å². The number of benzene rings is 8. The van der Waals surface area contributed by atoms with Crippen molar-refractivity contribution in [3.05, 3.63) is 391 Å². The van der Waals surface area contributed by atoms with Crippen LogP contribution in [0.2, 0.25) is 0 Å². The van der Waals surface area contributed by atoms with Gasteiger partial charge in [-0.1, -0.05) is 102 Å². The second kappa shape index (κ2) is 55.9. The van der Waals surface area contributed by atoms with Crippen LogP contribution in [0.1, 0.15) is 53.7 Å². The Balaban J connectivity index is 0.000000356. The average Bonchev–Trinajstić information content (AvgIpc) is 1.64. The Morgan fingerprint density at radius 1 is 0.361 bits per heavy atom. The summed E-state index contributed by atoms with van der Waals surface area (Å²) in [4.78, 5) is 72.9. The van der Waals surface area contributed by atoms with Crippen LogP contribution in [0.4, 0.5) is 26.3 Å². The van der Waals surface area contributed by atoms with Crippen molar-refractivity contribution in [3.63, 3.8) is 0 Å². The van der Waals surface area contributed by atoms with Crippen LogP contribution in [-0.4, -0.2) is 162 Å². The number of rotatable bonds is 12. The van der Waals surface area contributed by atoms with Gasteiger partial charge < -0.3 is 58.7 Å². The zero-order valence-corrected chi connectivity index (χ0v) is 79.4. The number of aromatic nitrogens is 9. The number of para-hydroxylation sites is 1. The molecule has 17 rings (SSSR count). The molecule has 8 aromatic carbocycles. The summed E-state index contributed by atoms with van der Waals surface area (Å²) < 4.78 is 83.8. The van der Waals surface area contributed by atoms with Crippen molar-refractivity contribution < 1.29 is 177 Å². The largest absolute Gasteiger partial charge is 0.477 e. The molecule has 3 aliphatic heterocycles. The standard InChI is InChI=1S/C16H15N2.C15H9F2N2.C10H9F2N2.C10H7F2N2.C10H11N2.C10H9N2.3C6H5NO2.6Ir/c1-3-7-14(8-4-1)13-18-12-11-17-16(18)15-9-5-2-6-10-15;16-11-6-7-13(14(17)10-11)15-18-8-9-19(15)12-4-2-1-3-5-12;2*1-14-5-4-13-10(14)8-3-2-7(11)6-9(8)12;2*1-12-8-7-11-10(12)9-5-3-2-4-6-9;3*8-6(9)5-3-1-2-4-7-5;;;;;;/h1-9H,11-13H2;1-6,8-10H;2,6H,4-5H2,1H3;2,4-6H,1H3;2-5H,7-8H2,1H3;2-5,7-8H,1H3;3*1-4H,(H,8,9);;;;;;/q6*-1;;;;;;;;;. The van der Waals surface area contributed by atoms with Crippen molar-refractivity contribution in [2.24, 2.45) is 29.1 Å². The fourth-order valence-electron chi connectivity index (χ4n) is 10.8. The van der Waals surface area contributed by atoms with Crippen LogP contribution in [0, 0.1) is 71.3 Å². The summed E-state index contributed by atoms with van der Waals surface area (Å²) >= 11 is 0. The molecule has 3 N–H and O–H groups in total. The van der Waals surface area contributed by atoms with Gasteiger partial charge in [-0.2, -0.15) is 0 Å². The van der Waals surface area contributed by atoms with Gasteiger partial charge in [0.1, 0.15) is 17.1 Å². The minimum absolute atomic E-state index is 0. The molecule has 0 fully saturated rings. The van der Waals surface area contributed by atoms with Gasteiger partial charge in [-0.25, -0.2) is 29.3 Å². The maximum atomic E-state index is 13.8. The molecule has 9 heterocycles. The van der Waals surface area contributed by atoms with Crippen LogP contribution in [0.25, 0.3) is 39.9 Å². The smallest absolute Gasteiger partial charge is 0.354 e. The molecule has 0 saturated heterocycles. The van der Waals surface area contributed by atoms with Crippen LogP contribution >= 0.6 is 0 Å². The molecule has 0 spiro atoms. The SMILES string of the molecule is CN1CCN=C1c1[c-]cc(F)cc1F.CN1CCN=C1c1[c-]cccc1.Cn1ccnc1-c1[c-]cc(F)cc1F.Cn1ccnc1-c1[c-]cccc1.Fc1c[c-]c(-c2nccn2-c2ccccc2)c(F)c1.O=C(O)c1ccccn1.O=C(O)c1ccccn1.O=C(O)c1ccccn1.[Ir].[Ir].[Ir].[Ir].[Ir].[Ir].[c-]1ccccc1C1=NCCN1Cc1ccccc1. The topological polar surface area (TPSA) is 251 Å². The summed E-state index contributed by atoms with van der Waals surface area (Å²) in [5.41, 5.74) is 6.21. The van der Waals surface area contributed by atoms with Crippen molar-refractivity contribution in [2.75, 3.05) is 53.4 Å². The van der Waals surface area contributed by atoms with Gasteiger partial charge >= 0.3 is 17.9 Å². The maximum absolute atomic E-state index is 13.8. The minimum Gasteiger partial charge on any atom is -0.477 e. The molecule has 6 radical (unpaired) electrons. The number of halogens is 6. The normalized spacial score (nSPS) is 11.4. The summed E-state index contributed by atoms with van der Waals surface area (Å²) in [6.07, 6.45) is 14.6. The summed E-state index contributed by atoms with van der Waals surface area (Å²) in [6.45, 7) is 6.14. The number of hydrogen-bond acceptors (Lipinski definition) is 15. The zero-order valence-electron chi connectivity index (χ0n) is 65.1. The molecular formula is C89H75F6Ir6N15O6-6. The van der Waals surface area contributed by atoms with Crippen molar-refractivity contribution in [1.29, 1.82) is 0 Å². The summed E-state index contributed by atoms with van der Waals surface area (Å²) in [5, 5.41) is 25.0. The van der Waals surface area contributed by atoms with Gasteiger partial charge in [-0.15, -0.1) is 144 Å². The third kappa shape index (κ3) is 33.2. The number of carboxylic acids is 3. The van der Waals surface area contributed by atoms with Gasteiger partial charge in [0.2, 0.25) is 0 Å². The monoisotopic (exact) mass is 2720 g/mol. The number of aromatic carboxylic acids is 3. The summed E-state index contributed by atoms with van der Waals surface area (Å²) in [7, 11) is 7.59. The van der Waals surface area contributed by atoms with Crippen LogP contribution < -0.4 is 0 Å². The number of carbonyl (C=O) groups is 3. The molecule has 0 unspecified atom stereocenters. The van der Waals surface area contributed by atoms with Crippen LogP contribution in [0.5, 0.6) is 0 Å². The molecule has 0 bridgehead atoms. The van der Waals surface area contributed by atoms with E-state index in [1.54, 1.807) is 83.6 Å². The van der Waals surface area contributed by atoms with Gasteiger partial charge in [-0.3, -0.25) is 41.3 Å². The Labute approximate surface area is 783 Å². The van der Waals surface area contributed by atoms with Crippen molar-refractivity contribution >= 4 is 35.4 Å². The second-order valence-corrected chi connectivity index (χ2v) is 24.6. The molecule has 3 aliphatic rings. The molecule has 0 aliphatic carbocycles. The van der Waals surface area contributed by atoms with Gasteiger partial charge in [0.05, 0.1) is 17.5 Å². The van der Waals surface area contributed by atoms with Crippen molar-refractivity contribution in [1.82, 2.24) is 58.3 Å². The Bertz CT molecular complexity index is 5400. The first kappa shape index (κ1) is 105. The molecule has 21 nitrogen and oxygen atoms in total. The van der Waals surface area contributed by atoms with Crippen molar-refractivity contribution in [2.45, 2.75) is 6.54 Å². The molecule has 0 amide bonds. The van der Waals surface area contributed by atoms with Crippen LogP contribution in [0.3, 0.4) is 0 Å². The Morgan fingerprint density at radius 2 is 0.721 bits per heavy atom. The number of nitrogens with zero attached hydrogens (tertiary/aromatic N) is 15. The molecule has 122 heavy (non-hydrogen) atoms. The molecule has 0 saturated carbocycles. The van der Waals surface area contributed by atoms with E-state index in [2.05, 4.69) is 128 Å². The number of amidine groups is 3. The van der Waals surface area contributed by atoms with E-state index in [0.29, 0.717) is 24.0 Å². The minimum atomic E-state index is -0.990. The number of hydrogen-bond donors (Lipinski definition) is 3. The van der Waals surface area contributed by atoms with E-state index in [0.717, 1.165) is 116 Å². The molecule has 14 aromatic rings. The second-order valence-electron chi connectivity index (χ2n) is 24.6. The number of aryl methyl sites for hydroxylation is 2. The molecule has 644 valence electrons.